The van der Waals surface area contributed by atoms with Crippen LogP contribution in [0.1, 0.15) is 36.6 Å². The minimum Gasteiger partial charge on any atom is -0.492 e. The van der Waals surface area contributed by atoms with Gasteiger partial charge in [0.25, 0.3) is 0 Å². The molecule has 0 amide bonds. The first-order chi connectivity index (χ1) is 14.2. The topological polar surface area (TPSA) is 79.9 Å². The van der Waals surface area contributed by atoms with Gasteiger partial charge in [-0.1, -0.05) is 36.4 Å². The first-order valence-electron chi connectivity index (χ1n) is 10.0. The molecule has 3 atom stereocenters. The van der Waals surface area contributed by atoms with E-state index in [1.165, 1.54) is 0 Å². The molecule has 2 N–H and O–H groups in total. The zero-order valence-electron chi connectivity index (χ0n) is 17.5. The molecule has 2 aromatic carbocycles. The van der Waals surface area contributed by atoms with Crippen molar-refractivity contribution < 1.29 is 19.4 Å². The lowest BCUT2D eigenvalue weighted by Crippen LogP contribution is -2.28. The first kappa shape index (κ1) is 20.4. The zero-order chi connectivity index (χ0) is 21.7. The molecule has 1 aliphatic heterocycles. The van der Waals surface area contributed by atoms with Crippen LogP contribution in [-0.2, 0) is 6.42 Å². The quantitative estimate of drug-likeness (QED) is 0.497. The van der Waals surface area contributed by atoms with Crippen LogP contribution < -0.4 is 10.2 Å². The van der Waals surface area contributed by atoms with Crippen LogP contribution in [0.15, 0.2) is 57.8 Å². The molecule has 0 saturated carbocycles. The maximum atomic E-state index is 13.5. The van der Waals surface area contributed by atoms with E-state index >= 15 is 0 Å². The van der Waals surface area contributed by atoms with Gasteiger partial charge in [0.05, 0.1) is 29.6 Å². The highest BCUT2D eigenvalue weighted by Crippen LogP contribution is 2.44. The van der Waals surface area contributed by atoms with Crippen molar-refractivity contribution in [1.82, 2.24) is 0 Å². The normalized spacial score (nSPS) is 19.4. The second-order valence-electron chi connectivity index (χ2n) is 8.31. The van der Waals surface area contributed by atoms with Gasteiger partial charge in [-0.05, 0) is 44.0 Å². The molecule has 30 heavy (non-hydrogen) atoms. The molecule has 0 saturated heterocycles. The van der Waals surface area contributed by atoms with Crippen LogP contribution in [-0.4, -0.2) is 22.9 Å². The summed E-state index contributed by atoms with van der Waals surface area (Å²) in [5.74, 6) is 0.239. The molecule has 0 aliphatic carbocycles. The van der Waals surface area contributed by atoms with E-state index in [-0.39, 0.29) is 11.3 Å². The summed E-state index contributed by atoms with van der Waals surface area (Å²) in [6.07, 6.45) is -1.33. The lowest BCUT2D eigenvalue weighted by atomic mass is 9.85. The van der Waals surface area contributed by atoms with Crippen molar-refractivity contribution in [3.05, 3.63) is 75.5 Å². The van der Waals surface area contributed by atoms with E-state index in [4.69, 9.17) is 9.15 Å². The summed E-state index contributed by atoms with van der Waals surface area (Å²) in [6.45, 7) is 13.5. The van der Waals surface area contributed by atoms with Crippen molar-refractivity contribution in [2.24, 2.45) is 5.92 Å². The molecule has 0 radical (unpaired) electrons. The van der Waals surface area contributed by atoms with Gasteiger partial charge in [0.2, 0.25) is 5.43 Å². The Morgan fingerprint density at radius 1 is 1.30 bits per heavy atom. The summed E-state index contributed by atoms with van der Waals surface area (Å²) < 4.78 is 12.1. The van der Waals surface area contributed by atoms with Gasteiger partial charge in [-0.2, -0.15) is 0 Å². The van der Waals surface area contributed by atoms with Crippen LogP contribution in [0.4, 0.5) is 0 Å². The van der Waals surface area contributed by atoms with Gasteiger partial charge in [0.1, 0.15) is 16.9 Å². The van der Waals surface area contributed by atoms with Crippen molar-refractivity contribution in [2.75, 3.05) is 6.61 Å². The number of benzene rings is 2. The largest absolute Gasteiger partial charge is 0.492 e. The van der Waals surface area contributed by atoms with E-state index in [1.807, 2.05) is 19.9 Å². The van der Waals surface area contributed by atoms with Gasteiger partial charge in [0.15, 0.2) is 0 Å². The van der Waals surface area contributed by atoms with Crippen LogP contribution in [0.3, 0.4) is 0 Å². The maximum Gasteiger partial charge on any atom is 0.201 e. The number of aliphatic hydroxyl groups excluding tert-OH is 2. The summed E-state index contributed by atoms with van der Waals surface area (Å²) in [5, 5.41) is 22.1. The summed E-state index contributed by atoms with van der Waals surface area (Å²) in [5.41, 5.74) is 4.04. The second-order valence-corrected chi connectivity index (χ2v) is 8.31. The molecule has 5 heteroatoms. The van der Waals surface area contributed by atoms with Crippen molar-refractivity contribution in [1.29, 1.82) is 0 Å². The number of hydrogen-bond donors (Lipinski definition) is 2. The highest BCUT2D eigenvalue weighted by atomic mass is 16.5. The van der Waals surface area contributed by atoms with Crippen molar-refractivity contribution in [3.8, 4) is 5.75 Å². The van der Waals surface area contributed by atoms with E-state index in [1.54, 1.807) is 25.1 Å². The Morgan fingerprint density at radius 2 is 2.03 bits per heavy atom. The van der Waals surface area contributed by atoms with E-state index in [0.717, 1.165) is 16.7 Å². The Bertz CT molecular complexity index is 1250. The Balaban J connectivity index is 2.03. The monoisotopic (exact) mass is 406 g/mol. The molecule has 3 aromatic rings. The predicted octanol–water partition coefficient (Wildman–Crippen LogP) is 4.35. The van der Waals surface area contributed by atoms with E-state index in [9.17, 15) is 15.0 Å². The van der Waals surface area contributed by atoms with E-state index in [2.05, 4.69) is 13.2 Å². The van der Waals surface area contributed by atoms with Crippen LogP contribution in [0, 0.1) is 12.8 Å². The van der Waals surface area contributed by atoms with Gasteiger partial charge in [-0.25, -0.2) is 0 Å². The predicted molar refractivity (Wildman–Crippen MR) is 118 cm³/mol. The lowest BCUT2D eigenvalue weighted by Gasteiger charge is -2.32. The van der Waals surface area contributed by atoms with Crippen LogP contribution in [0.5, 0.6) is 5.75 Å². The smallest absolute Gasteiger partial charge is 0.201 e. The molecule has 2 heterocycles. The highest BCUT2D eigenvalue weighted by molar-refractivity contribution is 5.94. The standard InChI is InChI=1S/C25H26O5/c1-12(2)17-11-29-24-14(5)9-19-20(21(24)23(17)28)22(27)16-8-6-7-15(25(16)30-19)10-18(26)13(3)4/h6-9,17-18,23,26,28H,1,3,10-11H2,2,4-5H3/t17-,18-,23-/m1/s1. The molecule has 4 rings (SSSR count). The summed E-state index contributed by atoms with van der Waals surface area (Å²) in [7, 11) is 0. The van der Waals surface area contributed by atoms with Gasteiger partial charge in [0, 0.05) is 17.9 Å². The Labute approximate surface area is 174 Å². The SMILES string of the molecule is C=C(C)[C@H](O)Cc1cccc2c(=O)c3c4c(c(C)cc3oc12)OC[C@H](C(=C)C)[C@H]4O. The third-order valence-electron chi connectivity index (χ3n) is 5.95. The average molecular weight is 406 g/mol. The molecule has 1 aromatic heterocycles. The molecule has 0 bridgehead atoms. The molecular weight excluding hydrogens is 380 g/mol. The minimum absolute atomic E-state index is 0.223. The van der Waals surface area contributed by atoms with Crippen molar-refractivity contribution in [2.45, 2.75) is 39.4 Å². The molecule has 0 fully saturated rings. The van der Waals surface area contributed by atoms with E-state index in [0.29, 0.717) is 51.9 Å². The fourth-order valence-electron chi connectivity index (χ4n) is 4.13. The third-order valence-corrected chi connectivity index (χ3v) is 5.95. The molecular formula is C25H26O5. The number of hydrogen-bond acceptors (Lipinski definition) is 5. The first-order valence-corrected chi connectivity index (χ1v) is 10.0. The van der Waals surface area contributed by atoms with Gasteiger partial charge >= 0.3 is 0 Å². The Hall–Kier alpha value is -2.89. The molecule has 0 spiro atoms. The summed E-state index contributed by atoms with van der Waals surface area (Å²) >= 11 is 0. The minimum atomic E-state index is -0.901. The molecule has 1 aliphatic rings. The number of ether oxygens (including phenoxy) is 1. The molecule has 156 valence electrons. The van der Waals surface area contributed by atoms with Gasteiger partial charge in [-0.15, -0.1) is 0 Å². The van der Waals surface area contributed by atoms with Gasteiger partial charge < -0.3 is 19.4 Å². The third kappa shape index (κ3) is 3.15. The van der Waals surface area contributed by atoms with E-state index < -0.39 is 12.2 Å². The maximum absolute atomic E-state index is 13.5. The average Bonchev–Trinajstić information content (AvgIpc) is 2.68. The number of rotatable bonds is 4. The van der Waals surface area contributed by atoms with Crippen LogP contribution in [0.2, 0.25) is 0 Å². The Kier molecular flexibility index (Phi) is 5.04. The van der Waals surface area contributed by atoms with Crippen molar-refractivity contribution >= 4 is 21.9 Å². The second kappa shape index (κ2) is 7.42. The Morgan fingerprint density at radius 3 is 2.70 bits per heavy atom. The fourth-order valence-corrected chi connectivity index (χ4v) is 4.13. The molecule has 0 unspecified atom stereocenters. The number of fused-ring (bicyclic) bond motifs is 4. The molecule has 5 nitrogen and oxygen atoms in total. The lowest BCUT2D eigenvalue weighted by molar-refractivity contribution is 0.0701. The highest BCUT2D eigenvalue weighted by Gasteiger charge is 2.34. The summed E-state index contributed by atoms with van der Waals surface area (Å²) in [4.78, 5) is 13.5. The summed E-state index contributed by atoms with van der Waals surface area (Å²) in [6, 6.07) is 7.09. The van der Waals surface area contributed by atoms with Crippen LogP contribution >= 0.6 is 0 Å². The van der Waals surface area contributed by atoms with Crippen molar-refractivity contribution in [3.63, 3.8) is 0 Å². The van der Waals surface area contributed by atoms with Crippen LogP contribution in [0.25, 0.3) is 21.9 Å². The zero-order valence-corrected chi connectivity index (χ0v) is 17.5. The number of aliphatic hydroxyl groups is 2. The number of para-hydroxylation sites is 1. The number of aryl methyl sites for hydroxylation is 1. The van der Waals surface area contributed by atoms with Gasteiger partial charge in [-0.3, -0.25) is 4.79 Å². The fraction of sp³-hybridized carbons (Fsp3) is 0.320.